The highest BCUT2D eigenvalue weighted by Gasteiger charge is 2.44. The Morgan fingerprint density at radius 1 is 0.950 bits per heavy atom. The number of halogens is 1. The third kappa shape index (κ3) is 2.98. The first kappa shape index (κ1) is 16.5. The molecule has 3 rings (SSSR count). The van der Waals surface area contributed by atoms with Crippen molar-refractivity contribution in [2.45, 2.75) is 26.1 Å². The van der Waals surface area contributed by atoms with Crippen molar-refractivity contribution in [3.8, 4) is 0 Å². The fourth-order valence-electron chi connectivity index (χ4n) is 3.48. The maximum absolute atomic E-state index is 12.7. The van der Waals surface area contributed by atoms with E-state index in [1.807, 2.05) is 13.8 Å². The summed E-state index contributed by atoms with van der Waals surface area (Å²) in [7, 11) is -3.31. The minimum absolute atomic E-state index is 0. The van der Waals surface area contributed by atoms with E-state index in [4.69, 9.17) is 4.74 Å². The molecule has 0 aromatic rings. The highest BCUT2D eigenvalue weighted by atomic mass is 35.5. The number of rotatable bonds is 2. The molecular formula is C12H24ClN3O3S. The lowest BCUT2D eigenvalue weighted by atomic mass is 10.0. The molecule has 0 aromatic heterocycles. The minimum Gasteiger partial charge on any atom is -0.373 e. The summed E-state index contributed by atoms with van der Waals surface area (Å²) >= 11 is 0. The van der Waals surface area contributed by atoms with Crippen molar-refractivity contribution in [2.24, 2.45) is 11.8 Å². The summed E-state index contributed by atoms with van der Waals surface area (Å²) in [6.07, 6.45) is -0.0513. The van der Waals surface area contributed by atoms with Crippen LogP contribution < -0.4 is 5.32 Å². The average Bonchev–Trinajstić information content (AvgIpc) is 2.87. The SMILES string of the molecule is CC1CN(S(=O)(=O)N2C[C@H]3CNC[C@H]3C2)CC(C)O1.Cl. The number of fused-ring (bicyclic) bond motifs is 1. The molecule has 3 aliphatic heterocycles. The smallest absolute Gasteiger partial charge is 0.282 e. The van der Waals surface area contributed by atoms with Gasteiger partial charge in [0.05, 0.1) is 12.2 Å². The zero-order valence-electron chi connectivity index (χ0n) is 12.0. The van der Waals surface area contributed by atoms with Gasteiger partial charge in [-0.15, -0.1) is 12.4 Å². The molecule has 118 valence electrons. The summed E-state index contributed by atoms with van der Waals surface area (Å²) in [6.45, 7) is 8.04. The van der Waals surface area contributed by atoms with Gasteiger partial charge in [-0.2, -0.15) is 17.0 Å². The van der Waals surface area contributed by atoms with Gasteiger partial charge in [0.1, 0.15) is 0 Å². The van der Waals surface area contributed by atoms with Crippen molar-refractivity contribution in [3.63, 3.8) is 0 Å². The van der Waals surface area contributed by atoms with Gasteiger partial charge in [0.25, 0.3) is 10.2 Å². The minimum atomic E-state index is -3.31. The van der Waals surface area contributed by atoms with Gasteiger partial charge in [0, 0.05) is 26.2 Å². The van der Waals surface area contributed by atoms with Gasteiger partial charge in [-0.3, -0.25) is 0 Å². The van der Waals surface area contributed by atoms with Crippen LogP contribution in [0.4, 0.5) is 0 Å². The maximum atomic E-state index is 12.7. The number of nitrogens with zero attached hydrogens (tertiary/aromatic N) is 2. The van der Waals surface area contributed by atoms with Crippen molar-refractivity contribution < 1.29 is 13.2 Å². The predicted molar refractivity (Wildman–Crippen MR) is 79.2 cm³/mol. The summed E-state index contributed by atoms with van der Waals surface area (Å²) in [5.74, 6) is 0.983. The van der Waals surface area contributed by atoms with Gasteiger partial charge in [-0.05, 0) is 38.8 Å². The van der Waals surface area contributed by atoms with E-state index in [2.05, 4.69) is 5.32 Å². The number of morpholine rings is 1. The lowest BCUT2D eigenvalue weighted by molar-refractivity contribution is -0.0453. The van der Waals surface area contributed by atoms with E-state index < -0.39 is 10.2 Å². The zero-order valence-corrected chi connectivity index (χ0v) is 13.6. The van der Waals surface area contributed by atoms with Crippen molar-refractivity contribution >= 4 is 22.6 Å². The van der Waals surface area contributed by atoms with Crippen LogP contribution in [0.3, 0.4) is 0 Å². The Bertz CT molecular complexity index is 425. The zero-order chi connectivity index (χ0) is 13.6. The maximum Gasteiger partial charge on any atom is 0.282 e. The Balaban J connectivity index is 0.00000147. The Hall–Kier alpha value is 0.0800. The van der Waals surface area contributed by atoms with Crippen LogP contribution in [0.2, 0.25) is 0 Å². The quantitative estimate of drug-likeness (QED) is 0.771. The monoisotopic (exact) mass is 325 g/mol. The first-order chi connectivity index (χ1) is 8.96. The van der Waals surface area contributed by atoms with Crippen LogP contribution in [-0.2, 0) is 14.9 Å². The van der Waals surface area contributed by atoms with Crippen molar-refractivity contribution in [1.29, 1.82) is 0 Å². The topological polar surface area (TPSA) is 61.9 Å². The van der Waals surface area contributed by atoms with E-state index >= 15 is 0 Å². The first-order valence-corrected chi connectivity index (χ1v) is 8.48. The second-order valence-electron chi connectivity index (χ2n) is 6.08. The molecule has 0 amide bonds. The molecule has 4 atom stereocenters. The average molecular weight is 326 g/mol. The van der Waals surface area contributed by atoms with E-state index in [1.165, 1.54) is 0 Å². The molecule has 0 spiro atoms. The third-order valence-electron chi connectivity index (χ3n) is 4.39. The molecule has 0 bridgehead atoms. The van der Waals surface area contributed by atoms with Crippen LogP contribution >= 0.6 is 12.4 Å². The van der Waals surface area contributed by atoms with Crippen LogP contribution in [0, 0.1) is 11.8 Å². The molecule has 8 heteroatoms. The van der Waals surface area contributed by atoms with Gasteiger partial charge in [0.2, 0.25) is 0 Å². The molecular weight excluding hydrogens is 302 g/mol. The fourth-order valence-corrected chi connectivity index (χ4v) is 5.37. The molecule has 6 nitrogen and oxygen atoms in total. The van der Waals surface area contributed by atoms with Crippen molar-refractivity contribution in [2.75, 3.05) is 39.3 Å². The molecule has 0 radical (unpaired) electrons. The van der Waals surface area contributed by atoms with Crippen LogP contribution in [-0.4, -0.2) is 68.5 Å². The number of nitrogens with one attached hydrogen (secondary N) is 1. The molecule has 0 aromatic carbocycles. The number of hydrogen-bond acceptors (Lipinski definition) is 4. The van der Waals surface area contributed by atoms with E-state index in [-0.39, 0.29) is 24.6 Å². The lowest BCUT2D eigenvalue weighted by Crippen LogP contribution is -2.52. The molecule has 1 N–H and O–H groups in total. The first-order valence-electron chi connectivity index (χ1n) is 7.08. The number of hydrogen-bond donors (Lipinski definition) is 1. The van der Waals surface area contributed by atoms with E-state index in [0.29, 0.717) is 38.0 Å². The predicted octanol–water partition coefficient (Wildman–Crippen LogP) is -0.0866. The standard InChI is InChI=1S/C12H23N3O3S.ClH/c1-9-5-14(6-10(2)18-9)19(16,17)15-7-11-3-13-4-12(11)8-15;/h9-13H,3-8H2,1-2H3;1H/t9?,10?,11-,12+;. The van der Waals surface area contributed by atoms with Gasteiger partial charge in [0.15, 0.2) is 0 Å². The molecule has 0 saturated carbocycles. The summed E-state index contributed by atoms with van der Waals surface area (Å²) in [6, 6.07) is 0. The lowest BCUT2D eigenvalue weighted by Gasteiger charge is -2.36. The van der Waals surface area contributed by atoms with E-state index in [1.54, 1.807) is 8.61 Å². The summed E-state index contributed by atoms with van der Waals surface area (Å²) in [5, 5.41) is 3.33. The van der Waals surface area contributed by atoms with E-state index in [0.717, 1.165) is 13.1 Å². The van der Waals surface area contributed by atoms with Gasteiger partial charge >= 0.3 is 0 Å². The Labute approximate surface area is 127 Å². The highest BCUT2D eigenvalue weighted by Crippen LogP contribution is 2.30. The van der Waals surface area contributed by atoms with Gasteiger partial charge in [-0.25, -0.2) is 0 Å². The Morgan fingerprint density at radius 2 is 1.40 bits per heavy atom. The molecule has 3 saturated heterocycles. The number of ether oxygens (including phenoxy) is 1. The van der Waals surface area contributed by atoms with E-state index in [9.17, 15) is 8.42 Å². The second kappa shape index (κ2) is 6.06. The second-order valence-corrected chi connectivity index (χ2v) is 8.01. The van der Waals surface area contributed by atoms with Crippen LogP contribution in [0.25, 0.3) is 0 Å². The third-order valence-corrected chi connectivity index (χ3v) is 6.30. The van der Waals surface area contributed by atoms with Gasteiger partial charge < -0.3 is 10.1 Å². The summed E-state index contributed by atoms with van der Waals surface area (Å²) < 4.78 is 34.3. The van der Waals surface area contributed by atoms with Crippen LogP contribution in [0.1, 0.15) is 13.8 Å². The summed E-state index contributed by atoms with van der Waals surface area (Å²) in [4.78, 5) is 0. The van der Waals surface area contributed by atoms with Crippen LogP contribution in [0.15, 0.2) is 0 Å². The molecule has 20 heavy (non-hydrogen) atoms. The van der Waals surface area contributed by atoms with Crippen molar-refractivity contribution in [1.82, 2.24) is 13.9 Å². The van der Waals surface area contributed by atoms with Crippen molar-refractivity contribution in [3.05, 3.63) is 0 Å². The summed E-state index contributed by atoms with van der Waals surface area (Å²) in [5.41, 5.74) is 0. The Kier molecular flexibility index (Phi) is 4.98. The van der Waals surface area contributed by atoms with Crippen LogP contribution in [0.5, 0.6) is 0 Å². The fraction of sp³-hybridized carbons (Fsp3) is 1.00. The highest BCUT2D eigenvalue weighted by molar-refractivity contribution is 7.86. The molecule has 2 unspecified atom stereocenters. The largest absolute Gasteiger partial charge is 0.373 e. The molecule has 0 aliphatic carbocycles. The molecule has 3 fully saturated rings. The molecule has 3 heterocycles. The molecule has 3 aliphatic rings. The van der Waals surface area contributed by atoms with Gasteiger partial charge in [-0.1, -0.05) is 0 Å². The normalized spacial score (nSPS) is 39.5. The Morgan fingerprint density at radius 3 is 1.90 bits per heavy atom.